The van der Waals surface area contributed by atoms with E-state index in [0.717, 1.165) is 31.9 Å². The summed E-state index contributed by atoms with van der Waals surface area (Å²) >= 11 is 5.05. The number of halogens is 1. The maximum atomic E-state index is 12.1. The molecule has 136 valence electrons. The monoisotopic (exact) mass is 438 g/mol. The largest absolute Gasteiger partial charge is 0.294 e. The maximum Gasteiger partial charge on any atom is 0.165 e. The fourth-order valence-corrected chi connectivity index (χ4v) is 3.83. The van der Waals surface area contributed by atoms with Gasteiger partial charge in [0.1, 0.15) is 0 Å². The highest BCUT2D eigenvalue weighted by atomic mass is 79.9. The molecule has 0 radical (unpaired) electrons. The van der Waals surface area contributed by atoms with Gasteiger partial charge in [0.15, 0.2) is 5.78 Å². The first kappa shape index (κ1) is 19.5. The number of rotatable bonds is 7. The number of Topliss-reactive ketones (excluding diaryl/α,β-unsaturated/α-hetero) is 1. The molecule has 0 N–H and O–H groups in total. The Labute approximate surface area is 172 Å². The molecule has 0 aliphatic rings. The van der Waals surface area contributed by atoms with Gasteiger partial charge in [-0.15, -0.1) is 0 Å². The van der Waals surface area contributed by atoms with Gasteiger partial charge in [-0.05, 0) is 35.9 Å². The summed E-state index contributed by atoms with van der Waals surface area (Å²) in [6, 6.07) is 14.1. The number of hydrogen-bond donors (Lipinski definition) is 0. The minimum atomic E-state index is 0.117. The third-order valence-corrected chi connectivity index (χ3v) is 5.50. The number of pyridine rings is 2. The van der Waals surface area contributed by atoms with Crippen LogP contribution < -0.4 is 0 Å². The number of hydrogen-bond acceptors (Lipinski definition) is 4. The topological polar surface area (TPSA) is 42.9 Å². The zero-order valence-corrected chi connectivity index (χ0v) is 17.3. The van der Waals surface area contributed by atoms with Crippen molar-refractivity contribution in [1.29, 1.82) is 0 Å². The van der Waals surface area contributed by atoms with Gasteiger partial charge in [-0.3, -0.25) is 14.8 Å². The molecule has 2 aromatic heterocycles. The van der Waals surface area contributed by atoms with E-state index in [9.17, 15) is 4.79 Å². The van der Waals surface area contributed by atoms with Gasteiger partial charge < -0.3 is 0 Å². The van der Waals surface area contributed by atoms with Gasteiger partial charge in [-0.2, -0.15) is 0 Å². The molecule has 0 unspecified atom stereocenters. The van der Waals surface area contributed by atoms with Gasteiger partial charge >= 0.3 is 0 Å². The van der Waals surface area contributed by atoms with Crippen LogP contribution in [0.25, 0.3) is 6.08 Å². The Bertz CT molecular complexity index is 955. The molecule has 0 aliphatic heterocycles. The Kier molecular flexibility index (Phi) is 6.96. The molecule has 0 saturated carbocycles. The molecular weight excluding hydrogens is 420 g/mol. The number of aromatic nitrogens is 2. The molecule has 0 atom stereocenters. The molecule has 0 amide bonds. The lowest BCUT2D eigenvalue weighted by Gasteiger charge is -2.07. The first-order valence-corrected chi connectivity index (χ1v) is 10.3. The summed E-state index contributed by atoms with van der Waals surface area (Å²) in [4.78, 5) is 22.5. The summed E-state index contributed by atoms with van der Waals surface area (Å²) in [5, 5.41) is 0. The molecule has 3 nitrogen and oxygen atoms in total. The van der Waals surface area contributed by atoms with Crippen molar-refractivity contribution in [2.75, 3.05) is 0 Å². The third kappa shape index (κ3) is 5.62. The number of carbonyl (C=O) groups excluding carboxylic acids is 1. The summed E-state index contributed by atoms with van der Waals surface area (Å²) in [6.45, 7) is 1.87. The smallest absolute Gasteiger partial charge is 0.165 e. The minimum absolute atomic E-state index is 0.117. The molecule has 0 fully saturated rings. The lowest BCUT2D eigenvalue weighted by Crippen LogP contribution is -1.99. The lowest BCUT2D eigenvalue weighted by atomic mass is 10.1. The highest BCUT2D eigenvalue weighted by Gasteiger charge is 2.10. The van der Waals surface area contributed by atoms with E-state index in [1.165, 1.54) is 0 Å². The van der Waals surface area contributed by atoms with Crippen molar-refractivity contribution in [3.63, 3.8) is 0 Å². The van der Waals surface area contributed by atoms with E-state index < -0.39 is 0 Å². The quantitative estimate of drug-likeness (QED) is 0.409. The molecule has 0 saturated heterocycles. The Morgan fingerprint density at radius 3 is 2.70 bits per heavy atom. The van der Waals surface area contributed by atoms with Crippen molar-refractivity contribution < 1.29 is 4.79 Å². The van der Waals surface area contributed by atoms with Crippen LogP contribution in [0.4, 0.5) is 0 Å². The number of benzene rings is 1. The zero-order valence-electron chi connectivity index (χ0n) is 14.9. The number of nitrogens with zero attached hydrogens (tertiary/aromatic N) is 2. The van der Waals surface area contributed by atoms with Crippen LogP contribution in [0.2, 0.25) is 0 Å². The summed E-state index contributed by atoms with van der Waals surface area (Å²) in [5.74, 6) is 0.117. The predicted molar refractivity (Wildman–Crippen MR) is 114 cm³/mol. The minimum Gasteiger partial charge on any atom is -0.294 e. The van der Waals surface area contributed by atoms with E-state index in [0.29, 0.717) is 12.0 Å². The number of ketones is 1. The summed E-state index contributed by atoms with van der Waals surface area (Å²) in [6.07, 6.45) is 10.7. The second-order valence-electron chi connectivity index (χ2n) is 5.89. The van der Waals surface area contributed by atoms with Crippen molar-refractivity contribution >= 4 is 39.6 Å². The molecule has 3 rings (SSSR count). The van der Waals surface area contributed by atoms with Gasteiger partial charge in [0.25, 0.3) is 0 Å². The van der Waals surface area contributed by atoms with E-state index in [4.69, 9.17) is 0 Å². The van der Waals surface area contributed by atoms with Gasteiger partial charge in [0.05, 0.1) is 0 Å². The summed E-state index contributed by atoms with van der Waals surface area (Å²) in [5.41, 5.74) is 2.85. The van der Waals surface area contributed by atoms with Gasteiger partial charge in [0.2, 0.25) is 0 Å². The van der Waals surface area contributed by atoms with Gasteiger partial charge in [-0.1, -0.05) is 58.9 Å². The van der Waals surface area contributed by atoms with E-state index in [1.54, 1.807) is 30.4 Å². The normalized spacial score (nSPS) is 11.0. The van der Waals surface area contributed by atoms with Gasteiger partial charge in [0, 0.05) is 57.0 Å². The van der Waals surface area contributed by atoms with E-state index >= 15 is 0 Å². The zero-order chi connectivity index (χ0) is 19.1. The van der Waals surface area contributed by atoms with Crippen LogP contribution >= 0.6 is 27.7 Å². The summed E-state index contributed by atoms with van der Waals surface area (Å²) < 4.78 is 1.04. The van der Waals surface area contributed by atoms with Crippen LogP contribution in [0, 0.1) is 0 Å². The van der Waals surface area contributed by atoms with Crippen molar-refractivity contribution in [2.45, 2.75) is 29.6 Å². The van der Waals surface area contributed by atoms with Crippen molar-refractivity contribution in [1.82, 2.24) is 9.97 Å². The first-order valence-electron chi connectivity index (χ1n) is 8.68. The van der Waals surface area contributed by atoms with Crippen molar-refractivity contribution in [3.05, 3.63) is 88.4 Å². The Balaban J connectivity index is 1.66. The fraction of sp³-hybridized carbons (Fsp3) is 0.136. The fourth-order valence-electron chi connectivity index (χ4n) is 2.52. The van der Waals surface area contributed by atoms with E-state index in [2.05, 4.69) is 62.3 Å². The van der Waals surface area contributed by atoms with Crippen molar-refractivity contribution in [3.8, 4) is 0 Å². The van der Waals surface area contributed by atoms with Gasteiger partial charge in [-0.25, -0.2) is 0 Å². The Hall–Kier alpha value is -2.24. The standard InChI is InChI=1S/C22H19BrN2OS/c1-2-21(26)20-15-24-12-11-22(20)27-19-8-6-16(7-9-19)4-3-5-18-14-17(23)10-13-25-18/h3-4,6-15H,2,5H2,1H3/b4-3+. The average Bonchev–Trinajstić information content (AvgIpc) is 2.69. The van der Waals surface area contributed by atoms with E-state index in [1.807, 2.05) is 25.1 Å². The molecule has 3 aromatic rings. The summed E-state index contributed by atoms with van der Waals surface area (Å²) in [7, 11) is 0. The Morgan fingerprint density at radius 1 is 1.15 bits per heavy atom. The van der Waals surface area contributed by atoms with Crippen LogP contribution in [-0.2, 0) is 6.42 Å². The highest BCUT2D eigenvalue weighted by molar-refractivity contribution is 9.10. The molecule has 5 heteroatoms. The highest BCUT2D eigenvalue weighted by Crippen LogP contribution is 2.30. The molecule has 0 aliphatic carbocycles. The van der Waals surface area contributed by atoms with Crippen molar-refractivity contribution in [2.24, 2.45) is 0 Å². The molecule has 2 heterocycles. The number of carbonyl (C=O) groups is 1. The van der Waals surface area contributed by atoms with Crippen LogP contribution in [0.5, 0.6) is 0 Å². The molecular formula is C22H19BrN2OS. The molecule has 0 spiro atoms. The molecule has 0 bridgehead atoms. The second-order valence-corrected chi connectivity index (χ2v) is 7.92. The SMILES string of the molecule is CCC(=O)c1cnccc1Sc1ccc(/C=C/Cc2cc(Br)ccn2)cc1. The lowest BCUT2D eigenvalue weighted by molar-refractivity contribution is 0.0985. The predicted octanol–water partition coefficient (Wildman–Crippen LogP) is 6.24. The van der Waals surface area contributed by atoms with Crippen LogP contribution in [0.1, 0.15) is 35.0 Å². The number of allylic oxidation sites excluding steroid dienone is 1. The third-order valence-electron chi connectivity index (χ3n) is 3.93. The average molecular weight is 439 g/mol. The maximum absolute atomic E-state index is 12.1. The van der Waals surface area contributed by atoms with E-state index in [-0.39, 0.29) is 5.78 Å². The molecule has 1 aromatic carbocycles. The second kappa shape index (κ2) is 9.62. The molecule has 27 heavy (non-hydrogen) atoms. The van der Waals surface area contributed by atoms with Crippen LogP contribution in [0.3, 0.4) is 0 Å². The first-order chi connectivity index (χ1) is 13.2. The Morgan fingerprint density at radius 2 is 1.96 bits per heavy atom. The van der Waals surface area contributed by atoms with Crippen LogP contribution in [-0.4, -0.2) is 15.8 Å². The van der Waals surface area contributed by atoms with Crippen LogP contribution in [0.15, 0.2) is 81.4 Å².